The molecule has 0 unspecified atom stereocenters. The van der Waals surface area contributed by atoms with E-state index in [9.17, 15) is 5.11 Å². The fraction of sp³-hybridized carbons (Fsp3) is 1.00. The quantitative estimate of drug-likeness (QED) is 0.617. The highest BCUT2D eigenvalue weighted by Gasteiger charge is 2.39. The van der Waals surface area contributed by atoms with Crippen LogP contribution in [-0.2, 0) is 0 Å². The van der Waals surface area contributed by atoms with Crippen LogP contribution in [0.2, 0.25) is 0 Å². The minimum absolute atomic E-state index is 0.100. The van der Waals surface area contributed by atoms with Crippen molar-refractivity contribution in [2.45, 2.75) is 44.2 Å². The molecule has 12 heavy (non-hydrogen) atoms. The molecule has 2 saturated carbocycles. The maximum atomic E-state index is 9.75. The standard InChI is InChI=1S/C10H19NO/c1-11-9-4-2-7-6-8(7)3-5-10(9)12/h7-12H,2-6H2,1H3/t7-,8+,9-,10+/m1/s1. The van der Waals surface area contributed by atoms with E-state index in [1.54, 1.807) is 0 Å². The molecule has 0 bridgehead atoms. The number of likely N-dealkylation sites (N-methyl/N-ethyl adjacent to an activating group) is 1. The molecular formula is C10H19NO. The SMILES string of the molecule is CN[C@@H]1CC[C@@H]2C[C@@H]2CC[C@@H]1O. The van der Waals surface area contributed by atoms with Crippen LogP contribution in [-0.4, -0.2) is 24.3 Å². The first-order chi connectivity index (χ1) is 5.81. The summed E-state index contributed by atoms with van der Waals surface area (Å²) in [5.41, 5.74) is 0. The van der Waals surface area contributed by atoms with E-state index in [2.05, 4.69) is 5.32 Å². The van der Waals surface area contributed by atoms with Crippen molar-refractivity contribution in [3.8, 4) is 0 Å². The molecule has 0 radical (unpaired) electrons. The van der Waals surface area contributed by atoms with Crippen molar-refractivity contribution < 1.29 is 5.11 Å². The van der Waals surface area contributed by atoms with Crippen LogP contribution in [0.25, 0.3) is 0 Å². The van der Waals surface area contributed by atoms with E-state index in [0.29, 0.717) is 6.04 Å². The summed E-state index contributed by atoms with van der Waals surface area (Å²) in [6, 6.07) is 0.353. The summed E-state index contributed by atoms with van der Waals surface area (Å²) < 4.78 is 0. The van der Waals surface area contributed by atoms with Gasteiger partial charge in [0, 0.05) is 6.04 Å². The fourth-order valence-electron chi connectivity index (χ4n) is 2.53. The van der Waals surface area contributed by atoms with E-state index in [1.165, 1.54) is 25.7 Å². The Morgan fingerprint density at radius 2 is 1.75 bits per heavy atom. The molecule has 70 valence electrons. The summed E-state index contributed by atoms with van der Waals surface area (Å²) in [5, 5.41) is 13.0. The van der Waals surface area contributed by atoms with Crippen molar-refractivity contribution >= 4 is 0 Å². The van der Waals surface area contributed by atoms with E-state index in [-0.39, 0.29) is 6.10 Å². The first kappa shape index (κ1) is 8.52. The second-order valence-electron chi connectivity index (χ2n) is 4.37. The predicted octanol–water partition coefficient (Wildman–Crippen LogP) is 1.15. The number of hydrogen-bond acceptors (Lipinski definition) is 2. The molecule has 0 spiro atoms. The molecule has 2 N–H and O–H groups in total. The lowest BCUT2D eigenvalue weighted by Crippen LogP contribution is -2.38. The average Bonchev–Trinajstić information content (AvgIpc) is 2.78. The minimum atomic E-state index is -0.100. The van der Waals surface area contributed by atoms with Crippen LogP contribution in [0.15, 0.2) is 0 Å². The Morgan fingerprint density at radius 3 is 2.42 bits per heavy atom. The summed E-state index contributed by atoms with van der Waals surface area (Å²) in [7, 11) is 1.96. The maximum Gasteiger partial charge on any atom is 0.0693 e. The summed E-state index contributed by atoms with van der Waals surface area (Å²) in [4.78, 5) is 0. The largest absolute Gasteiger partial charge is 0.392 e. The van der Waals surface area contributed by atoms with Gasteiger partial charge in [-0.2, -0.15) is 0 Å². The summed E-state index contributed by atoms with van der Waals surface area (Å²) in [6.07, 6.45) is 6.09. The third kappa shape index (κ3) is 1.64. The van der Waals surface area contributed by atoms with Gasteiger partial charge in [0.1, 0.15) is 0 Å². The highest BCUT2D eigenvalue weighted by molar-refractivity contribution is 4.91. The predicted molar refractivity (Wildman–Crippen MR) is 48.9 cm³/mol. The van der Waals surface area contributed by atoms with Gasteiger partial charge in [-0.05, 0) is 51.0 Å². The summed E-state index contributed by atoms with van der Waals surface area (Å²) >= 11 is 0. The van der Waals surface area contributed by atoms with Gasteiger partial charge in [-0.25, -0.2) is 0 Å². The highest BCUT2D eigenvalue weighted by Crippen LogP contribution is 2.47. The molecule has 2 nitrogen and oxygen atoms in total. The van der Waals surface area contributed by atoms with Gasteiger partial charge in [0.05, 0.1) is 6.10 Å². The molecule has 0 heterocycles. The van der Waals surface area contributed by atoms with Gasteiger partial charge in [0.15, 0.2) is 0 Å². The number of hydrogen-bond donors (Lipinski definition) is 2. The molecule has 4 atom stereocenters. The Kier molecular flexibility index (Phi) is 2.37. The molecule has 0 amide bonds. The van der Waals surface area contributed by atoms with Gasteiger partial charge >= 0.3 is 0 Å². The van der Waals surface area contributed by atoms with E-state index in [0.717, 1.165) is 18.3 Å². The zero-order valence-electron chi connectivity index (χ0n) is 7.79. The monoisotopic (exact) mass is 169 g/mol. The van der Waals surface area contributed by atoms with Gasteiger partial charge in [0.25, 0.3) is 0 Å². The van der Waals surface area contributed by atoms with Crippen molar-refractivity contribution in [1.82, 2.24) is 5.32 Å². The first-order valence-electron chi connectivity index (χ1n) is 5.16. The van der Waals surface area contributed by atoms with Crippen LogP contribution in [0, 0.1) is 11.8 Å². The lowest BCUT2D eigenvalue weighted by Gasteiger charge is -2.24. The molecule has 0 aromatic carbocycles. The van der Waals surface area contributed by atoms with E-state index in [1.807, 2.05) is 7.05 Å². The van der Waals surface area contributed by atoms with Crippen LogP contribution in [0.1, 0.15) is 32.1 Å². The maximum absolute atomic E-state index is 9.75. The highest BCUT2D eigenvalue weighted by atomic mass is 16.3. The molecule has 0 saturated heterocycles. The van der Waals surface area contributed by atoms with Gasteiger partial charge in [-0.15, -0.1) is 0 Å². The number of aliphatic hydroxyl groups is 1. The Morgan fingerprint density at radius 1 is 1.08 bits per heavy atom. The average molecular weight is 169 g/mol. The Balaban J connectivity index is 1.89. The first-order valence-corrected chi connectivity index (χ1v) is 5.16. The lowest BCUT2D eigenvalue weighted by molar-refractivity contribution is 0.106. The van der Waals surface area contributed by atoms with Crippen molar-refractivity contribution in [3.05, 3.63) is 0 Å². The van der Waals surface area contributed by atoms with E-state index in [4.69, 9.17) is 0 Å². The van der Waals surface area contributed by atoms with Gasteiger partial charge in [-0.1, -0.05) is 0 Å². The zero-order valence-corrected chi connectivity index (χ0v) is 7.79. The number of nitrogens with one attached hydrogen (secondary N) is 1. The van der Waals surface area contributed by atoms with Gasteiger partial charge in [-0.3, -0.25) is 0 Å². The second kappa shape index (κ2) is 3.35. The third-order valence-corrected chi connectivity index (χ3v) is 3.59. The van der Waals surface area contributed by atoms with Crippen molar-refractivity contribution in [2.75, 3.05) is 7.05 Å². The Bertz CT molecular complexity index is 160. The Hall–Kier alpha value is -0.0800. The normalized spacial score (nSPS) is 47.5. The number of aliphatic hydroxyl groups excluding tert-OH is 1. The smallest absolute Gasteiger partial charge is 0.0693 e. The minimum Gasteiger partial charge on any atom is -0.392 e. The van der Waals surface area contributed by atoms with Crippen LogP contribution in [0.3, 0.4) is 0 Å². The molecular weight excluding hydrogens is 150 g/mol. The molecule has 2 aliphatic carbocycles. The molecule has 0 aromatic heterocycles. The number of fused-ring (bicyclic) bond motifs is 1. The third-order valence-electron chi connectivity index (χ3n) is 3.59. The summed E-state index contributed by atoms with van der Waals surface area (Å²) in [5.74, 6) is 1.98. The lowest BCUT2D eigenvalue weighted by atomic mass is 9.94. The Labute approximate surface area is 74.4 Å². The number of rotatable bonds is 1. The van der Waals surface area contributed by atoms with Gasteiger partial charge in [0.2, 0.25) is 0 Å². The fourth-order valence-corrected chi connectivity index (χ4v) is 2.53. The molecule has 2 aliphatic rings. The molecule has 2 fully saturated rings. The van der Waals surface area contributed by atoms with Crippen molar-refractivity contribution in [3.63, 3.8) is 0 Å². The van der Waals surface area contributed by atoms with Crippen molar-refractivity contribution in [1.29, 1.82) is 0 Å². The molecule has 0 aromatic rings. The second-order valence-corrected chi connectivity index (χ2v) is 4.37. The van der Waals surface area contributed by atoms with Crippen LogP contribution in [0.4, 0.5) is 0 Å². The van der Waals surface area contributed by atoms with Crippen LogP contribution < -0.4 is 5.32 Å². The van der Waals surface area contributed by atoms with Crippen LogP contribution in [0.5, 0.6) is 0 Å². The van der Waals surface area contributed by atoms with Gasteiger partial charge < -0.3 is 10.4 Å². The van der Waals surface area contributed by atoms with E-state index < -0.39 is 0 Å². The van der Waals surface area contributed by atoms with Crippen LogP contribution >= 0.6 is 0 Å². The van der Waals surface area contributed by atoms with E-state index >= 15 is 0 Å². The molecule has 0 aliphatic heterocycles. The molecule has 2 rings (SSSR count). The van der Waals surface area contributed by atoms with Crippen molar-refractivity contribution in [2.24, 2.45) is 11.8 Å². The summed E-state index contributed by atoms with van der Waals surface area (Å²) in [6.45, 7) is 0. The topological polar surface area (TPSA) is 32.3 Å². The zero-order chi connectivity index (χ0) is 8.55. The molecule has 2 heteroatoms.